The van der Waals surface area contributed by atoms with E-state index in [9.17, 15) is 40.3 Å². The first-order chi connectivity index (χ1) is 16.8. The van der Waals surface area contributed by atoms with Gasteiger partial charge in [0.25, 0.3) is 5.91 Å². The Morgan fingerprint density at radius 3 is 2.25 bits per heavy atom. The molecule has 3 rings (SSSR count). The number of carbonyl (C=O) groups is 2. The van der Waals surface area contributed by atoms with E-state index in [0.717, 1.165) is 37.1 Å². The Kier molecular flexibility index (Phi) is 8.59. The van der Waals surface area contributed by atoms with E-state index in [1.54, 1.807) is 0 Å². The highest BCUT2D eigenvalue weighted by Crippen LogP contribution is 2.33. The van der Waals surface area contributed by atoms with Crippen LogP contribution in [0.1, 0.15) is 52.7 Å². The molecule has 0 heterocycles. The molecule has 1 fully saturated rings. The van der Waals surface area contributed by atoms with E-state index in [1.165, 1.54) is 6.07 Å². The zero-order valence-electron chi connectivity index (χ0n) is 18.9. The van der Waals surface area contributed by atoms with Crippen molar-refractivity contribution in [3.05, 3.63) is 70.5 Å². The van der Waals surface area contributed by atoms with Crippen LogP contribution < -0.4 is 16.0 Å². The normalized spacial score (nSPS) is 18.5. The lowest BCUT2D eigenvalue weighted by Gasteiger charge is -2.33. The van der Waals surface area contributed by atoms with Crippen LogP contribution in [0.25, 0.3) is 0 Å². The van der Waals surface area contributed by atoms with Gasteiger partial charge in [-0.2, -0.15) is 26.3 Å². The molecule has 2 aromatic carbocycles. The first kappa shape index (κ1) is 27.4. The Labute approximate surface area is 202 Å². The summed E-state index contributed by atoms with van der Waals surface area (Å²) in [6, 6.07) is 5.41. The van der Waals surface area contributed by atoms with Gasteiger partial charge in [-0.3, -0.25) is 9.59 Å². The predicted molar refractivity (Wildman–Crippen MR) is 116 cm³/mol. The monoisotopic (exact) mass is 519 g/mol. The van der Waals surface area contributed by atoms with E-state index >= 15 is 0 Å². The maximum Gasteiger partial charge on any atom is 0.416 e. The first-order valence-corrected chi connectivity index (χ1v) is 11.2. The Hall–Kier alpha value is -3.15. The number of carbonyl (C=O) groups excluding carboxylic acids is 2. The zero-order valence-corrected chi connectivity index (χ0v) is 18.9. The fourth-order valence-electron chi connectivity index (χ4n) is 4.11. The first-order valence-electron chi connectivity index (χ1n) is 11.2. The van der Waals surface area contributed by atoms with Gasteiger partial charge in [0.1, 0.15) is 5.82 Å². The van der Waals surface area contributed by atoms with Gasteiger partial charge in [-0.15, -0.1) is 0 Å². The third kappa shape index (κ3) is 7.42. The predicted octanol–water partition coefficient (Wildman–Crippen LogP) is 4.81. The minimum atomic E-state index is -4.73. The van der Waals surface area contributed by atoms with Gasteiger partial charge >= 0.3 is 12.4 Å². The van der Waals surface area contributed by atoms with Crippen molar-refractivity contribution < 1.29 is 40.3 Å². The zero-order chi connectivity index (χ0) is 26.5. The van der Waals surface area contributed by atoms with Crippen molar-refractivity contribution in [1.29, 1.82) is 0 Å². The lowest BCUT2D eigenvalue weighted by atomic mass is 9.90. The summed E-state index contributed by atoms with van der Waals surface area (Å²) in [4.78, 5) is 24.6. The second-order valence-corrected chi connectivity index (χ2v) is 8.51. The molecule has 1 aliphatic carbocycles. The molecule has 0 aliphatic heterocycles. The highest BCUT2D eigenvalue weighted by atomic mass is 19.4. The number of benzene rings is 2. The summed E-state index contributed by atoms with van der Waals surface area (Å²) >= 11 is 0. The van der Waals surface area contributed by atoms with Gasteiger partial charge in [-0.1, -0.05) is 25.0 Å². The molecule has 0 radical (unpaired) electrons. The lowest BCUT2D eigenvalue weighted by molar-refractivity contribution is -0.139. The Morgan fingerprint density at radius 2 is 1.58 bits per heavy atom. The van der Waals surface area contributed by atoms with E-state index in [-0.39, 0.29) is 23.7 Å². The van der Waals surface area contributed by atoms with Crippen molar-refractivity contribution in [3.8, 4) is 0 Å². The molecule has 36 heavy (non-hydrogen) atoms. The van der Waals surface area contributed by atoms with Crippen molar-refractivity contribution in [2.45, 2.75) is 56.7 Å². The smallest absolute Gasteiger partial charge is 0.350 e. The van der Waals surface area contributed by atoms with Gasteiger partial charge in [-0.05, 0) is 48.7 Å². The van der Waals surface area contributed by atoms with E-state index in [2.05, 4.69) is 16.0 Å². The standard InChI is InChI=1S/C24H24F7N3O2/c25-17-9-8-15(18(11-17)24(29,30)31)12-32-19-6-1-2-7-20(19)34-21(35)13-33-22(36)14-4-3-5-16(10-14)23(26,27)28/h3-5,8-11,19-20,32H,1-2,6-7,12-13H2,(H,33,36)(H,34,35)/t19-,20-/m0/s1. The molecule has 12 heteroatoms. The maximum absolute atomic E-state index is 13.3. The topological polar surface area (TPSA) is 70.2 Å². The molecule has 3 N–H and O–H groups in total. The average Bonchev–Trinajstić information content (AvgIpc) is 2.81. The van der Waals surface area contributed by atoms with Crippen molar-refractivity contribution in [2.75, 3.05) is 6.54 Å². The van der Waals surface area contributed by atoms with Crippen LogP contribution in [0.3, 0.4) is 0 Å². The van der Waals surface area contributed by atoms with E-state index in [1.807, 2.05) is 0 Å². The van der Waals surface area contributed by atoms with Crippen molar-refractivity contribution in [2.24, 2.45) is 0 Å². The fraction of sp³-hybridized carbons (Fsp3) is 0.417. The summed E-state index contributed by atoms with van der Waals surface area (Å²) in [5, 5.41) is 8.00. The maximum atomic E-state index is 13.3. The molecule has 2 aromatic rings. The van der Waals surface area contributed by atoms with Gasteiger partial charge in [0.2, 0.25) is 5.91 Å². The minimum absolute atomic E-state index is 0.132. The van der Waals surface area contributed by atoms with Crippen LogP contribution in [0, 0.1) is 5.82 Å². The number of hydrogen-bond acceptors (Lipinski definition) is 3. The average molecular weight is 519 g/mol. The molecule has 1 saturated carbocycles. The Balaban J connectivity index is 1.57. The molecule has 0 spiro atoms. The fourth-order valence-corrected chi connectivity index (χ4v) is 4.11. The summed E-state index contributed by atoms with van der Waals surface area (Å²) in [5.74, 6) is -2.45. The van der Waals surface area contributed by atoms with Crippen LogP contribution in [0.5, 0.6) is 0 Å². The summed E-state index contributed by atoms with van der Waals surface area (Å²) < 4.78 is 91.6. The summed E-state index contributed by atoms with van der Waals surface area (Å²) in [6.45, 7) is -0.688. The van der Waals surface area contributed by atoms with Crippen LogP contribution in [0.4, 0.5) is 30.7 Å². The molecule has 0 aromatic heterocycles. The van der Waals surface area contributed by atoms with Crippen LogP contribution in [0.2, 0.25) is 0 Å². The largest absolute Gasteiger partial charge is 0.416 e. The van der Waals surface area contributed by atoms with Gasteiger partial charge < -0.3 is 16.0 Å². The van der Waals surface area contributed by atoms with Gasteiger partial charge in [0.15, 0.2) is 0 Å². The summed E-state index contributed by atoms with van der Waals surface area (Å²) in [5.41, 5.74) is -2.46. The van der Waals surface area contributed by atoms with E-state index in [0.29, 0.717) is 25.0 Å². The SMILES string of the molecule is O=C(CNC(=O)c1cccc(C(F)(F)F)c1)N[C@H]1CCCC[C@@H]1NCc1ccc(F)cc1C(F)(F)F. The Bertz CT molecular complexity index is 1090. The summed E-state index contributed by atoms with van der Waals surface area (Å²) in [7, 11) is 0. The van der Waals surface area contributed by atoms with Gasteiger partial charge in [-0.25, -0.2) is 4.39 Å². The molecule has 196 valence electrons. The van der Waals surface area contributed by atoms with Crippen LogP contribution in [0.15, 0.2) is 42.5 Å². The minimum Gasteiger partial charge on any atom is -0.350 e. The number of rotatable bonds is 7. The molecular weight excluding hydrogens is 495 g/mol. The third-order valence-corrected chi connectivity index (χ3v) is 5.91. The number of nitrogens with one attached hydrogen (secondary N) is 3. The molecule has 1 aliphatic rings. The molecule has 5 nitrogen and oxygen atoms in total. The number of halogens is 7. The molecule has 0 unspecified atom stereocenters. The van der Waals surface area contributed by atoms with E-state index < -0.39 is 53.7 Å². The van der Waals surface area contributed by atoms with E-state index in [4.69, 9.17) is 0 Å². The van der Waals surface area contributed by atoms with Crippen molar-refractivity contribution in [1.82, 2.24) is 16.0 Å². The Morgan fingerprint density at radius 1 is 0.889 bits per heavy atom. The molecule has 0 saturated heterocycles. The number of amides is 2. The quantitative estimate of drug-likeness (QED) is 0.460. The lowest BCUT2D eigenvalue weighted by Crippen LogP contribution is -2.53. The van der Waals surface area contributed by atoms with Gasteiger partial charge in [0.05, 0.1) is 17.7 Å². The molecule has 0 bridgehead atoms. The number of hydrogen-bond donors (Lipinski definition) is 3. The highest BCUT2D eigenvalue weighted by molar-refractivity contribution is 5.96. The van der Waals surface area contributed by atoms with Crippen LogP contribution in [-0.4, -0.2) is 30.4 Å². The van der Waals surface area contributed by atoms with Gasteiger partial charge in [0, 0.05) is 24.2 Å². The second kappa shape index (κ2) is 11.3. The van der Waals surface area contributed by atoms with Crippen molar-refractivity contribution >= 4 is 11.8 Å². The van der Waals surface area contributed by atoms with Crippen molar-refractivity contribution in [3.63, 3.8) is 0 Å². The highest BCUT2D eigenvalue weighted by Gasteiger charge is 2.34. The van der Waals surface area contributed by atoms with Crippen LogP contribution in [-0.2, 0) is 23.7 Å². The molecule has 2 amide bonds. The number of alkyl halides is 6. The second-order valence-electron chi connectivity index (χ2n) is 8.51. The molecule has 2 atom stereocenters. The van der Waals surface area contributed by atoms with Crippen LogP contribution >= 0.6 is 0 Å². The summed E-state index contributed by atoms with van der Waals surface area (Å²) in [6.07, 6.45) is -6.68. The third-order valence-electron chi connectivity index (χ3n) is 5.91. The molecular formula is C24H24F7N3O2.